The molecule has 0 atom stereocenters. The average molecular weight is 423 g/mol. The number of morpholine rings is 1. The van der Waals surface area contributed by atoms with E-state index in [1.165, 1.54) is 12.1 Å². The number of benzene rings is 1. The summed E-state index contributed by atoms with van der Waals surface area (Å²) in [5, 5.41) is 0. The van der Waals surface area contributed by atoms with Crippen LogP contribution < -0.4 is 19.1 Å². The van der Waals surface area contributed by atoms with Gasteiger partial charge in [-0.25, -0.2) is 18.1 Å². The number of aryl methyl sites for hydroxylation is 1. The van der Waals surface area contributed by atoms with Crippen molar-refractivity contribution in [3.05, 3.63) is 36.2 Å². The number of nitrogens with zero attached hydrogens (tertiary/aromatic N) is 3. The van der Waals surface area contributed by atoms with Crippen molar-refractivity contribution >= 4 is 15.8 Å². The molecule has 0 bridgehead atoms. The number of sulfonamides is 1. The summed E-state index contributed by atoms with van der Waals surface area (Å²) < 4.78 is 43.6. The number of aromatic nitrogens is 2. The average Bonchev–Trinajstić information content (AvgIpc) is 2.72. The van der Waals surface area contributed by atoms with Crippen molar-refractivity contribution in [2.45, 2.75) is 18.7 Å². The van der Waals surface area contributed by atoms with E-state index < -0.39 is 10.0 Å². The van der Waals surface area contributed by atoms with E-state index in [2.05, 4.69) is 19.6 Å². The fourth-order valence-corrected chi connectivity index (χ4v) is 3.86. The van der Waals surface area contributed by atoms with Crippen LogP contribution in [0.5, 0.6) is 11.6 Å². The molecule has 0 spiro atoms. The van der Waals surface area contributed by atoms with E-state index >= 15 is 0 Å². The molecule has 1 saturated heterocycles. The summed E-state index contributed by atoms with van der Waals surface area (Å²) in [6, 6.07) is 8.04. The van der Waals surface area contributed by atoms with Crippen molar-refractivity contribution in [1.29, 1.82) is 0 Å². The molecule has 0 unspecified atom stereocenters. The monoisotopic (exact) mass is 422 g/mol. The van der Waals surface area contributed by atoms with Gasteiger partial charge in [-0.15, -0.1) is 0 Å². The minimum absolute atomic E-state index is 0.117. The van der Waals surface area contributed by atoms with Crippen LogP contribution >= 0.6 is 0 Å². The molecule has 9 nitrogen and oxygen atoms in total. The van der Waals surface area contributed by atoms with E-state index in [1.807, 2.05) is 6.92 Å². The van der Waals surface area contributed by atoms with Crippen LogP contribution in [0.15, 0.2) is 35.2 Å². The first-order chi connectivity index (χ1) is 14.0. The molecule has 1 aliphatic rings. The Morgan fingerprint density at radius 2 is 1.86 bits per heavy atom. The maximum absolute atomic E-state index is 12.4. The molecule has 1 N–H and O–H groups in total. The van der Waals surface area contributed by atoms with Gasteiger partial charge in [0, 0.05) is 25.7 Å². The zero-order valence-electron chi connectivity index (χ0n) is 16.6. The molecule has 1 aromatic heterocycles. The van der Waals surface area contributed by atoms with Gasteiger partial charge in [0.15, 0.2) is 0 Å². The highest BCUT2D eigenvalue weighted by molar-refractivity contribution is 7.89. The fraction of sp³-hybridized carbons (Fsp3) is 0.474. The Balaban J connectivity index is 1.53. The van der Waals surface area contributed by atoms with Crippen molar-refractivity contribution in [1.82, 2.24) is 14.7 Å². The minimum atomic E-state index is -3.62. The highest BCUT2D eigenvalue weighted by atomic mass is 32.2. The van der Waals surface area contributed by atoms with Gasteiger partial charge in [-0.2, -0.15) is 4.98 Å². The third-order valence-electron chi connectivity index (χ3n) is 4.23. The van der Waals surface area contributed by atoms with E-state index in [1.54, 1.807) is 25.1 Å². The Kier molecular flexibility index (Phi) is 7.24. The second-order valence-corrected chi connectivity index (χ2v) is 8.13. The van der Waals surface area contributed by atoms with Crippen LogP contribution in [-0.2, 0) is 14.8 Å². The minimum Gasteiger partial charge on any atom is -0.494 e. The van der Waals surface area contributed by atoms with Gasteiger partial charge in [0.05, 0.1) is 24.7 Å². The third-order valence-corrected chi connectivity index (χ3v) is 5.70. The third kappa shape index (κ3) is 6.02. The summed E-state index contributed by atoms with van der Waals surface area (Å²) in [4.78, 5) is 11.0. The zero-order chi connectivity index (χ0) is 20.7. The maximum Gasteiger partial charge on any atom is 0.240 e. The molecular formula is C19H26N4O5S. The lowest BCUT2D eigenvalue weighted by Gasteiger charge is -2.28. The Morgan fingerprint density at radius 3 is 2.55 bits per heavy atom. The number of ether oxygens (including phenoxy) is 3. The molecule has 2 heterocycles. The highest BCUT2D eigenvalue weighted by Gasteiger charge is 2.16. The fourth-order valence-electron chi connectivity index (χ4n) is 2.85. The molecule has 0 saturated carbocycles. The smallest absolute Gasteiger partial charge is 0.240 e. The van der Waals surface area contributed by atoms with Crippen LogP contribution in [0.4, 0.5) is 5.82 Å². The second-order valence-electron chi connectivity index (χ2n) is 6.36. The predicted octanol–water partition coefficient (Wildman–Crippen LogP) is 1.38. The van der Waals surface area contributed by atoms with Gasteiger partial charge in [0.1, 0.15) is 24.0 Å². The van der Waals surface area contributed by atoms with Gasteiger partial charge in [0.2, 0.25) is 15.9 Å². The molecular weight excluding hydrogens is 396 g/mol. The molecule has 3 rings (SSSR count). The quantitative estimate of drug-likeness (QED) is 0.605. The Morgan fingerprint density at radius 1 is 1.14 bits per heavy atom. The molecule has 0 amide bonds. The van der Waals surface area contributed by atoms with E-state index in [0.717, 1.165) is 18.9 Å². The normalized spacial score (nSPS) is 14.6. The molecule has 1 fully saturated rings. The van der Waals surface area contributed by atoms with Crippen molar-refractivity contribution in [2.24, 2.45) is 0 Å². The molecule has 29 heavy (non-hydrogen) atoms. The van der Waals surface area contributed by atoms with Gasteiger partial charge < -0.3 is 19.1 Å². The van der Waals surface area contributed by atoms with Crippen LogP contribution in [-0.4, -0.2) is 64.4 Å². The summed E-state index contributed by atoms with van der Waals surface area (Å²) in [5.74, 6) is 2.42. The van der Waals surface area contributed by atoms with Gasteiger partial charge in [-0.1, -0.05) is 0 Å². The Hall–Kier alpha value is -2.43. The highest BCUT2D eigenvalue weighted by Crippen LogP contribution is 2.19. The summed E-state index contributed by atoms with van der Waals surface area (Å²) in [7, 11) is -3.62. The lowest BCUT2D eigenvalue weighted by molar-refractivity contribution is 0.122. The summed E-state index contributed by atoms with van der Waals surface area (Å²) in [5.41, 5.74) is 0. The SMILES string of the molecule is CCOc1ccc(S(=O)(=O)NCCOc2cc(N3CCOCC3)nc(C)n2)cc1. The number of hydrogen-bond donors (Lipinski definition) is 1. The van der Waals surface area contributed by atoms with Crippen molar-refractivity contribution in [3.63, 3.8) is 0 Å². The zero-order valence-corrected chi connectivity index (χ0v) is 17.4. The van der Waals surface area contributed by atoms with E-state index in [9.17, 15) is 8.42 Å². The van der Waals surface area contributed by atoms with Gasteiger partial charge in [0.25, 0.3) is 0 Å². The van der Waals surface area contributed by atoms with Crippen LogP contribution in [0.25, 0.3) is 0 Å². The van der Waals surface area contributed by atoms with Crippen molar-refractivity contribution < 1.29 is 22.6 Å². The van der Waals surface area contributed by atoms with Gasteiger partial charge in [-0.3, -0.25) is 0 Å². The topological polar surface area (TPSA) is 103 Å². The Bertz CT molecular complexity index is 899. The van der Waals surface area contributed by atoms with Gasteiger partial charge >= 0.3 is 0 Å². The lowest BCUT2D eigenvalue weighted by atomic mass is 10.3. The van der Waals surface area contributed by atoms with Crippen LogP contribution in [0, 0.1) is 6.92 Å². The standard InChI is InChI=1S/C19H26N4O5S/c1-3-27-16-4-6-17(7-5-16)29(24,25)20-8-11-28-19-14-18(21-15(2)22-19)23-9-12-26-13-10-23/h4-7,14,20H,3,8-13H2,1-2H3. The summed E-state index contributed by atoms with van der Waals surface area (Å²) in [6.07, 6.45) is 0. The molecule has 0 aliphatic carbocycles. The molecule has 0 radical (unpaired) electrons. The second kappa shape index (κ2) is 9.86. The maximum atomic E-state index is 12.4. The van der Waals surface area contributed by atoms with Gasteiger partial charge in [-0.05, 0) is 38.1 Å². The molecule has 2 aromatic rings. The van der Waals surface area contributed by atoms with E-state index in [4.69, 9.17) is 14.2 Å². The molecule has 10 heteroatoms. The number of hydrogen-bond acceptors (Lipinski definition) is 8. The number of nitrogens with one attached hydrogen (secondary N) is 1. The summed E-state index contributed by atoms with van der Waals surface area (Å²) in [6.45, 7) is 7.30. The first-order valence-electron chi connectivity index (χ1n) is 9.51. The van der Waals surface area contributed by atoms with Crippen molar-refractivity contribution in [3.8, 4) is 11.6 Å². The number of rotatable bonds is 9. The van der Waals surface area contributed by atoms with E-state index in [0.29, 0.717) is 37.3 Å². The first-order valence-corrected chi connectivity index (χ1v) is 11.0. The molecule has 158 valence electrons. The van der Waals surface area contributed by atoms with Crippen LogP contribution in [0.1, 0.15) is 12.7 Å². The van der Waals surface area contributed by atoms with E-state index in [-0.39, 0.29) is 18.0 Å². The van der Waals surface area contributed by atoms with Crippen LogP contribution in [0.3, 0.4) is 0 Å². The Labute approximate surface area is 171 Å². The predicted molar refractivity (Wildman–Crippen MR) is 108 cm³/mol. The van der Waals surface area contributed by atoms with Crippen LogP contribution in [0.2, 0.25) is 0 Å². The first kappa shape index (κ1) is 21.3. The largest absolute Gasteiger partial charge is 0.494 e. The molecule has 1 aliphatic heterocycles. The molecule has 1 aromatic carbocycles. The number of anilines is 1. The lowest BCUT2D eigenvalue weighted by Crippen LogP contribution is -2.37. The van der Waals surface area contributed by atoms with Crippen molar-refractivity contribution in [2.75, 3.05) is 51.0 Å². The summed E-state index contributed by atoms with van der Waals surface area (Å²) >= 11 is 0.